The second-order valence-electron chi connectivity index (χ2n) is 5.83. The molecule has 20 heavy (non-hydrogen) atoms. The zero-order valence-corrected chi connectivity index (χ0v) is 12.0. The van der Waals surface area contributed by atoms with E-state index in [1.54, 1.807) is 0 Å². The Labute approximate surface area is 117 Å². The number of benzene rings is 1. The topological polar surface area (TPSA) is 69.9 Å². The molecule has 3 rings (SSSR count). The van der Waals surface area contributed by atoms with E-state index in [2.05, 4.69) is 29.1 Å². The van der Waals surface area contributed by atoms with Crippen LogP contribution in [0.2, 0.25) is 0 Å². The Morgan fingerprint density at radius 3 is 3.00 bits per heavy atom. The van der Waals surface area contributed by atoms with Gasteiger partial charge in [-0.25, -0.2) is 4.79 Å². The molecule has 0 saturated carbocycles. The van der Waals surface area contributed by atoms with Gasteiger partial charge >= 0.3 is 5.69 Å². The minimum atomic E-state index is -0.165. The maximum atomic E-state index is 11.3. The highest BCUT2D eigenvalue weighted by Gasteiger charge is 2.31. The Morgan fingerprint density at radius 1 is 1.40 bits per heavy atom. The molecule has 2 heterocycles. The molecule has 1 fully saturated rings. The Kier molecular flexibility index (Phi) is 3.30. The van der Waals surface area contributed by atoms with Crippen molar-refractivity contribution in [2.24, 2.45) is 0 Å². The average Bonchev–Trinajstić information content (AvgIpc) is 2.78. The fourth-order valence-corrected chi connectivity index (χ4v) is 2.86. The van der Waals surface area contributed by atoms with E-state index < -0.39 is 0 Å². The summed E-state index contributed by atoms with van der Waals surface area (Å²) in [4.78, 5) is 16.8. The number of aromatic nitrogens is 2. The highest BCUT2D eigenvalue weighted by molar-refractivity contribution is 5.78. The molecular formula is C15H21N3O2. The van der Waals surface area contributed by atoms with E-state index in [0.29, 0.717) is 6.04 Å². The molecule has 5 heteroatoms. The minimum absolute atomic E-state index is 0.0254. The number of H-pyrrole nitrogens is 2. The van der Waals surface area contributed by atoms with E-state index in [1.807, 2.05) is 18.2 Å². The first-order valence-electron chi connectivity index (χ1n) is 7.20. The SMILES string of the molecule is CCC1(C)CC(Nc2ccc3[nH]c(=O)[nH]c3c2)CCO1. The van der Waals surface area contributed by atoms with Crippen LogP contribution in [0.3, 0.4) is 0 Å². The smallest absolute Gasteiger partial charge is 0.323 e. The normalized spacial score (nSPS) is 26.8. The molecule has 0 amide bonds. The fourth-order valence-electron chi connectivity index (χ4n) is 2.86. The maximum absolute atomic E-state index is 11.3. The summed E-state index contributed by atoms with van der Waals surface area (Å²) in [5.74, 6) is 0. The molecule has 5 nitrogen and oxygen atoms in total. The standard InChI is InChI=1S/C15H21N3O2/c1-3-15(2)9-11(6-7-20-15)16-10-4-5-12-13(8-10)18-14(19)17-12/h4-5,8,11,16H,3,6-7,9H2,1-2H3,(H2,17,18,19). The van der Waals surface area contributed by atoms with Crippen molar-refractivity contribution < 1.29 is 4.74 Å². The summed E-state index contributed by atoms with van der Waals surface area (Å²) in [6, 6.07) is 6.32. The van der Waals surface area contributed by atoms with Gasteiger partial charge in [0.15, 0.2) is 0 Å². The second kappa shape index (κ2) is 4.98. The summed E-state index contributed by atoms with van der Waals surface area (Å²) in [6.45, 7) is 5.14. The van der Waals surface area contributed by atoms with Crippen LogP contribution in [0.1, 0.15) is 33.1 Å². The zero-order chi connectivity index (χ0) is 14.2. The molecule has 0 spiro atoms. The Morgan fingerprint density at radius 2 is 2.20 bits per heavy atom. The van der Waals surface area contributed by atoms with Crippen molar-refractivity contribution in [2.45, 2.75) is 44.8 Å². The third kappa shape index (κ3) is 2.58. The van der Waals surface area contributed by atoms with E-state index >= 15 is 0 Å². The van der Waals surface area contributed by atoms with Gasteiger partial charge in [-0.05, 0) is 44.4 Å². The first kappa shape index (κ1) is 13.2. The molecule has 0 aliphatic carbocycles. The number of imidazole rings is 1. The van der Waals surface area contributed by atoms with Gasteiger partial charge in [0.25, 0.3) is 0 Å². The number of hydrogen-bond acceptors (Lipinski definition) is 3. The van der Waals surface area contributed by atoms with Crippen molar-refractivity contribution in [3.05, 3.63) is 28.7 Å². The lowest BCUT2D eigenvalue weighted by Gasteiger charge is -2.38. The van der Waals surface area contributed by atoms with E-state index in [4.69, 9.17) is 4.74 Å². The molecule has 3 N–H and O–H groups in total. The van der Waals surface area contributed by atoms with Crippen molar-refractivity contribution in [3.63, 3.8) is 0 Å². The molecule has 2 aromatic rings. The monoisotopic (exact) mass is 275 g/mol. The van der Waals surface area contributed by atoms with Crippen LogP contribution in [-0.2, 0) is 4.74 Å². The molecule has 1 saturated heterocycles. The molecule has 0 bridgehead atoms. The van der Waals surface area contributed by atoms with Crippen LogP contribution >= 0.6 is 0 Å². The molecule has 1 aliphatic rings. The lowest BCUT2D eigenvalue weighted by molar-refractivity contribution is -0.0708. The largest absolute Gasteiger partial charge is 0.382 e. The summed E-state index contributed by atoms with van der Waals surface area (Å²) >= 11 is 0. The van der Waals surface area contributed by atoms with Gasteiger partial charge in [0.1, 0.15) is 0 Å². The highest BCUT2D eigenvalue weighted by Crippen LogP contribution is 2.29. The number of rotatable bonds is 3. The maximum Gasteiger partial charge on any atom is 0.323 e. The van der Waals surface area contributed by atoms with Crippen LogP contribution in [0.25, 0.3) is 11.0 Å². The number of hydrogen-bond donors (Lipinski definition) is 3. The Hall–Kier alpha value is -1.75. The van der Waals surface area contributed by atoms with Crippen LogP contribution in [-0.4, -0.2) is 28.2 Å². The Bertz CT molecular complexity index is 660. The van der Waals surface area contributed by atoms with Crippen LogP contribution in [0.5, 0.6) is 0 Å². The van der Waals surface area contributed by atoms with Crippen molar-refractivity contribution in [1.82, 2.24) is 9.97 Å². The highest BCUT2D eigenvalue weighted by atomic mass is 16.5. The molecule has 0 radical (unpaired) electrons. The summed E-state index contributed by atoms with van der Waals surface area (Å²) < 4.78 is 5.86. The number of ether oxygens (including phenoxy) is 1. The van der Waals surface area contributed by atoms with Gasteiger partial charge in [0.05, 0.1) is 16.6 Å². The average molecular weight is 275 g/mol. The Balaban J connectivity index is 1.77. The van der Waals surface area contributed by atoms with E-state index in [9.17, 15) is 4.79 Å². The zero-order valence-electron chi connectivity index (χ0n) is 12.0. The van der Waals surface area contributed by atoms with Gasteiger partial charge in [-0.1, -0.05) is 6.92 Å². The minimum Gasteiger partial charge on any atom is -0.382 e. The molecule has 1 aromatic carbocycles. The number of anilines is 1. The van der Waals surface area contributed by atoms with Crippen molar-refractivity contribution in [3.8, 4) is 0 Å². The molecule has 1 aliphatic heterocycles. The molecular weight excluding hydrogens is 254 g/mol. The molecule has 108 valence electrons. The third-order valence-corrected chi connectivity index (χ3v) is 4.23. The van der Waals surface area contributed by atoms with Gasteiger partial charge in [0.2, 0.25) is 0 Å². The summed E-state index contributed by atoms with van der Waals surface area (Å²) in [7, 11) is 0. The van der Waals surface area contributed by atoms with Crippen LogP contribution in [0.15, 0.2) is 23.0 Å². The fraction of sp³-hybridized carbons (Fsp3) is 0.533. The van der Waals surface area contributed by atoms with Gasteiger partial charge < -0.3 is 20.0 Å². The van der Waals surface area contributed by atoms with Gasteiger partial charge in [-0.2, -0.15) is 0 Å². The predicted molar refractivity (Wildman–Crippen MR) is 80.2 cm³/mol. The third-order valence-electron chi connectivity index (χ3n) is 4.23. The quantitative estimate of drug-likeness (QED) is 0.806. The lowest BCUT2D eigenvalue weighted by atomic mass is 9.90. The van der Waals surface area contributed by atoms with Crippen LogP contribution in [0.4, 0.5) is 5.69 Å². The number of nitrogens with one attached hydrogen (secondary N) is 3. The second-order valence-corrected chi connectivity index (χ2v) is 5.83. The van der Waals surface area contributed by atoms with Crippen molar-refractivity contribution in [2.75, 3.05) is 11.9 Å². The number of fused-ring (bicyclic) bond motifs is 1. The summed E-state index contributed by atoms with van der Waals surface area (Å²) in [5, 5.41) is 3.56. The van der Waals surface area contributed by atoms with Crippen LogP contribution < -0.4 is 11.0 Å². The van der Waals surface area contributed by atoms with Gasteiger partial charge in [-0.15, -0.1) is 0 Å². The molecule has 2 unspecified atom stereocenters. The molecule has 2 atom stereocenters. The van der Waals surface area contributed by atoms with Crippen molar-refractivity contribution in [1.29, 1.82) is 0 Å². The van der Waals surface area contributed by atoms with E-state index in [0.717, 1.165) is 42.6 Å². The summed E-state index contributed by atoms with van der Waals surface area (Å²) in [5.41, 5.74) is 2.53. The number of aromatic amines is 2. The lowest BCUT2D eigenvalue weighted by Crippen LogP contribution is -2.41. The predicted octanol–water partition coefficient (Wildman–Crippen LogP) is 2.62. The first-order valence-corrected chi connectivity index (χ1v) is 7.20. The first-order chi connectivity index (χ1) is 9.58. The van der Waals surface area contributed by atoms with E-state index in [-0.39, 0.29) is 11.3 Å². The van der Waals surface area contributed by atoms with E-state index in [1.165, 1.54) is 0 Å². The molecule has 1 aromatic heterocycles. The van der Waals surface area contributed by atoms with Crippen LogP contribution in [0, 0.1) is 0 Å². The van der Waals surface area contributed by atoms with Crippen molar-refractivity contribution >= 4 is 16.7 Å². The van der Waals surface area contributed by atoms with Gasteiger partial charge in [-0.3, -0.25) is 0 Å². The summed E-state index contributed by atoms with van der Waals surface area (Å²) in [6.07, 6.45) is 3.04. The van der Waals surface area contributed by atoms with Gasteiger partial charge in [0, 0.05) is 18.3 Å².